The lowest BCUT2D eigenvalue weighted by molar-refractivity contribution is 0.413. The van der Waals surface area contributed by atoms with E-state index in [1.165, 1.54) is 10.5 Å². The summed E-state index contributed by atoms with van der Waals surface area (Å²) in [6.07, 6.45) is 3.99. The van der Waals surface area contributed by atoms with Crippen molar-refractivity contribution in [3.05, 3.63) is 42.0 Å². The Kier molecular flexibility index (Phi) is 2.23. The summed E-state index contributed by atoms with van der Waals surface area (Å²) in [4.78, 5) is 4.23. The van der Waals surface area contributed by atoms with E-state index < -0.39 is 10.0 Å². The number of hydrogen-bond acceptors (Lipinski definition) is 5. The number of aromatic nitrogens is 2. The van der Waals surface area contributed by atoms with Crippen LogP contribution in [0.1, 0.15) is 11.3 Å². The van der Waals surface area contributed by atoms with Gasteiger partial charge in [0.25, 0.3) is 0 Å². The van der Waals surface area contributed by atoms with Crippen LogP contribution < -0.4 is 0 Å². The molecule has 88 valence electrons. The highest BCUT2D eigenvalue weighted by Gasteiger charge is 2.32. The Morgan fingerprint density at radius 1 is 1.35 bits per heavy atom. The van der Waals surface area contributed by atoms with Crippen molar-refractivity contribution in [1.82, 2.24) is 14.4 Å². The van der Waals surface area contributed by atoms with Crippen molar-refractivity contribution in [2.45, 2.75) is 18.0 Å². The minimum Gasteiger partial charge on any atom is -0.363 e. The first kappa shape index (κ1) is 10.4. The van der Waals surface area contributed by atoms with Crippen molar-refractivity contribution >= 4 is 10.0 Å². The van der Waals surface area contributed by atoms with E-state index in [0.29, 0.717) is 13.1 Å². The maximum absolute atomic E-state index is 12.2. The van der Waals surface area contributed by atoms with E-state index in [4.69, 9.17) is 0 Å². The molecular weight excluding hydrogens is 242 g/mol. The van der Waals surface area contributed by atoms with Gasteiger partial charge in [-0.2, -0.15) is 4.31 Å². The zero-order valence-electron chi connectivity index (χ0n) is 8.78. The molecule has 0 aromatic carbocycles. The molecule has 3 rings (SSSR count). The highest BCUT2D eigenvalue weighted by Crippen LogP contribution is 2.26. The predicted molar refractivity (Wildman–Crippen MR) is 57.2 cm³/mol. The fraction of sp³-hybridized carbons (Fsp3) is 0.200. The van der Waals surface area contributed by atoms with Gasteiger partial charge in [0.05, 0.1) is 18.4 Å². The first-order valence-electron chi connectivity index (χ1n) is 5.00. The van der Waals surface area contributed by atoms with Gasteiger partial charge in [0.2, 0.25) is 10.0 Å². The average molecular weight is 251 g/mol. The van der Waals surface area contributed by atoms with Gasteiger partial charge in [0.15, 0.2) is 0 Å². The summed E-state index contributed by atoms with van der Waals surface area (Å²) in [7, 11) is -3.53. The lowest BCUT2D eigenvalue weighted by Gasteiger charge is -2.12. The van der Waals surface area contributed by atoms with Crippen molar-refractivity contribution in [3.63, 3.8) is 0 Å². The van der Waals surface area contributed by atoms with Crippen LogP contribution in [0.25, 0.3) is 0 Å². The first-order chi connectivity index (χ1) is 8.18. The molecule has 0 fully saturated rings. The fourth-order valence-corrected chi connectivity index (χ4v) is 3.05. The zero-order valence-corrected chi connectivity index (χ0v) is 9.59. The largest absolute Gasteiger partial charge is 0.363 e. The van der Waals surface area contributed by atoms with Crippen LogP contribution in [0.15, 0.2) is 40.2 Å². The number of fused-ring (bicyclic) bond motifs is 1. The summed E-state index contributed by atoms with van der Waals surface area (Å²) in [6.45, 7) is 0.639. The SMILES string of the molecule is O=S(=O)(c1cnoc1)N1Cc2cccnc2C1. The van der Waals surface area contributed by atoms with Crippen LogP contribution in [0.2, 0.25) is 0 Å². The third kappa shape index (κ3) is 1.63. The molecule has 17 heavy (non-hydrogen) atoms. The monoisotopic (exact) mass is 251 g/mol. The van der Waals surface area contributed by atoms with Crippen LogP contribution in [-0.4, -0.2) is 22.9 Å². The smallest absolute Gasteiger partial charge is 0.248 e. The van der Waals surface area contributed by atoms with Crippen molar-refractivity contribution in [2.24, 2.45) is 0 Å². The maximum atomic E-state index is 12.2. The van der Waals surface area contributed by atoms with Gasteiger partial charge in [-0.1, -0.05) is 11.2 Å². The lowest BCUT2D eigenvalue weighted by atomic mass is 10.2. The van der Waals surface area contributed by atoms with Gasteiger partial charge in [-0.05, 0) is 11.6 Å². The molecule has 6 nitrogen and oxygen atoms in total. The number of sulfonamides is 1. The Hall–Kier alpha value is -1.73. The van der Waals surface area contributed by atoms with E-state index in [-0.39, 0.29) is 4.90 Å². The van der Waals surface area contributed by atoms with Gasteiger partial charge in [0, 0.05) is 12.7 Å². The van der Waals surface area contributed by atoms with Gasteiger partial charge < -0.3 is 4.52 Å². The van der Waals surface area contributed by atoms with E-state index in [0.717, 1.165) is 17.5 Å². The Balaban J connectivity index is 1.95. The predicted octanol–water partition coefficient (Wildman–Crippen LogP) is 0.774. The Labute approximate surface area is 97.9 Å². The molecule has 0 aliphatic carbocycles. The van der Waals surface area contributed by atoms with Crippen molar-refractivity contribution < 1.29 is 12.9 Å². The Morgan fingerprint density at radius 2 is 2.24 bits per heavy atom. The van der Waals surface area contributed by atoms with Crippen molar-refractivity contribution in [2.75, 3.05) is 0 Å². The van der Waals surface area contributed by atoms with Gasteiger partial charge in [-0.15, -0.1) is 0 Å². The molecule has 0 bridgehead atoms. The summed E-state index contributed by atoms with van der Waals surface area (Å²) in [6, 6.07) is 3.68. The van der Waals surface area contributed by atoms with Gasteiger partial charge in [-0.25, -0.2) is 8.42 Å². The van der Waals surface area contributed by atoms with E-state index >= 15 is 0 Å². The molecule has 1 aliphatic rings. The molecular formula is C10H9N3O3S. The van der Waals surface area contributed by atoms with Crippen LogP contribution in [0, 0.1) is 0 Å². The third-order valence-corrected chi connectivity index (χ3v) is 4.44. The second kappa shape index (κ2) is 3.64. The first-order valence-corrected chi connectivity index (χ1v) is 6.44. The summed E-state index contributed by atoms with van der Waals surface area (Å²) in [5, 5.41) is 3.41. The fourth-order valence-electron chi connectivity index (χ4n) is 1.81. The normalized spacial score (nSPS) is 16.0. The quantitative estimate of drug-likeness (QED) is 0.788. The number of pyridine rings is 1. The molecule has 3 heterocycles. The Bertz CT molecular complexity index is 612. The number of rotatable bonds is 2. The minimum absolute atomic E-state index is 0.0744. The summed E-state index contributed by atoms with van der Waals surface area (Å²) in [5.41, 5.74) is 1.74. The molecule has 2 aromatic rings. The average Bonchev–Trinajstić information content (AvgIpc) is 2.98. The molecule has 0 amide bonds. The minimum atomic E-state index is -3.53. The lowest BCUT2D eigenvalue weighted by Crippen LogP contribution is -2.25. The van der Waals surface area contributed by atoms with E-state index in [1.807, 2.05) is 6.07 Å². The maximum Gasteiger partial charge on any atom is 0.248 e. The van der Waals surface area contributed by atoms with Crippen LogP contribution in [0.3, 0.4) is 0 Å². The van der Waals surface area contributed by atoms with E-state index in [2.05, 4.69) is 14.7 Å². The molecule has 1 aliphatic heterocycles. The number of nitrogens with zero attached hydrogens (tertiary/aromatic N) is 3. The summed E-state index contributed by atoms with van der Waals surface area (Å²) >= 11 is 0. The molecule has 0 saturated heterocycles. The molecule has 0 radical (unpaired) electrons. The molecule has 0 atom stereocenters. The molecule has 0 unspecified atom stereocenters. The van der Waals surface area contributed by atoms with Gasteiger partial charge in [0.1, 0.15) is 11.2 Å². The van der Waals surface area contributed by atoms with Crippen LogP contribution >= 0.6 is 0 Å². The van der Waals surface area contributed by atoms with Crippen molar-refractivity contribution in [3.8, 4) is 0 Å². The van der Waals surface area contributed by atoms with Crippen LogP contribution in [-0.2, 0) is 23.1 Å². The molecule has 2 aromatic heterocycles. The van der Waals surface area contributed by atoms with Gasteiger partial charge >= 0.3 is 0 Å². The zero-order chi connectivity index (χ0) is 11.9. The Morgan fingerprint density at radius 3 is 2.94 bits per heavy atom. The topological polar surface area (TPSA) is 76.3 Å². The van der Waals surface area contributed by atoms with Gasteiger partial charge in [-0.3, -0.25) is 4.98 Å². The standard InChI is InChI=1S/C10H9N3O3S/c14-17(15,9-4-12-16-7-9)13-5-8-2-1-3-11-10(8)6-13/h1-4,7H,5-6H2. The molecule has 0 spiro atoms. The third-order valence-electron chi connectivity index (χ3n) is 2.70. The van der Waals surface area contributed by atoms with Crippen LogP contribution in [0.5, 0.6) is 0 Å². The van der Waals surface area contributed by atoms with Crippen LogP contribution in [0.4, 0.5) is 0 Å². The molecule has 7 heteroatoms. The second-order valence-corrected chi connectivity index (χ2v) is 5.68. The summed E-state index contributed by atoms with van der Waals surface area (Å²) in [5.74, 6) is 0. The highest BCUT2D eigenvalue weighted by molar-refractivity contribution is 7.89. The highest BCUT2D eigenvalue weighted by atomic mass is 32.2. The second-order valence-electron chi connectivity index (χ2n) is 3.74. The van der Waals surface area contributed by atoms with E-state index in [1.54, 1.807) is 12.3 Å². The number of hydrogen-bond donors (Lipinski definition) is 0. The van der Waals surface area contributed by atoms with E-state index in [9.17, 15) is 8.42 Å². The molecule has 0 saturated carbocycles. The molecule has 0 N–H and O–H groups in total. The summed E-state index contributed by atoms with van der Waals surface area (Å²) < 4.78 is 30.2. The van der Waals surface area contributed by atoms with Crippen molar-refractivity contribution in [1.29, 1.82) is 0 Å².